The van der Waals surface area contributed by atoms with Crippen molar-refractivity contribution in [2.24, 2.45) is 0 Å². The van der Waals surface area contributed by atoms with Crippen LogP contribution in [0.1, 0.15) is 15.9 Å². The lowest BCUT2D eigenvalue weighted by Gasteiger charge is -2.14. The molecule has 3 aromatic rings. The van der Waals surface area contributed by atoms with E-state index in [2.05, 4.69) is 5.32 Å². The van der Waals surface area contributed by atoms with Gasteiger partial charge in [0.1, 0.15) is 5.75 Å². The summed E-state index contributed by atoms with van der Waals surface area (Å²) in [7, 11) is 0. The van der Waals surface area contributed by atoms with Crippen molar-refractivity contribution in [1.82, 2.24) is 0 Å². The van der Waals surface area contributed by atoms with Crippen LogP contribution in [0.15, 0.2) is 66.7 Å². The zero-order valence-corrected chi connectivity index (χ0v) is 16.0. The summed E-state index contributed by atoms with van der Waals surface area (Å²) in [4.78, 5) is 23.2. The molecule has 0 saturated carbocycles. The molecule has 0 fully saturated rings. The highest BCUT2D eigenvalue weighted by Gasteiger charge is 2.13. The molecule has 0 heterocycles. The molecule has 3 aromatic carbocycles. The lowest BCUT2D eigenvalue weighted by atomic mass is 10.1. The van der Waals surface area contributed by atoms with E-state index in [4.69, 9.17) is 33.0 Å². The summed E-state index contributed by atoms with van der Waals surface area (Å²) < 4.78 is 5.29. The first kappa shape index (κ1) is 19.7. The molecule has 28 heavy (non-hydrogen) atoms. The fourth-order valence-corrected chi connectivity index (χ4v) is 3.03. The van der Waals surface area contributed by atoms with Gasteiger partial charge in [-0.15, -0.1) is 0 Å². The monoisotopic (exact) mass is 415 g/mol. The van der Waals surface area contributed by atoms with Crippen molar-refractivity contribution in [1.29, 1.82) is 0 Å². The van der Waals surface area contributed by atoms with E-state index < -0.39 is 11.9 Å². The highest BCUT2D eigenvalue weighted by atomic mass is 35.5. The van der Waals surface area contributed by atoms with Crippen LogP contribution in [-0.2, 0) is 11.2 Å². The van der Waals surface area contributed by atoms with Crippen molar-refractivity contribution in [3.05, 3.63) is 87.9 Å². The number of rotatable bonds is 6. The highest BCUT2D eigenvalue weighted by Crippen LogP contribution is 2.33. The fourth-order valence-electron chi connectivity index (χ4n) is 2.54. The third kappa shape index (κ3) is 4.82. The average Bonchev–Trinajstić information content (AvgIpc) is 2.66. The number of halogens is 2. The van der Waals surface area contributed by atoms with Crippen LogP contribution in [0.5, 0.6) is 5.75 Å². The number of carboxylic acid groups (broad SMARTS) is 1. The number of para-hydroxylation sites is 2. The Hall–Kier alpha value is -3.02. The first-order chi connectivity index (χ1) is 13.4. The van der Waals surface area contributed by atoms with Crippen LogP contribution >= 0.6 is 23.2 Å². The van der Waals surface area contributed by atoms with Crippen LogP contribution in [0.2, 0.25) is 10.0 Å². The number of anilines is 2. The minimum atomic E-state index is -1.05. The molecule has 3 rings (SSSR count). The van der Waals surface area contributed by atoms with E-state index in [9.17, 15) is 9.59 Å². The highest BCUT2D eigenvalue weighted by molar-refractivity contribution is 6.39. The summed E-state index contributed by atoms with van der Waals surface area (Å²) in [5.74, 6) is -1.26. The van der Waals surface area contributed by atoms with E-state index in [1.807, 2.05) is 18.2 Å². The predicted octanol–water partition coefficient (Wildman–Crippen LogP) is 5.58. The van der Waals surface area contributed by atoms with Gasteiger partial charge in [-0.25, -0.2) is 4.79 Å². The third-order valence-electron chi connectivity index (χ3n) is 3.91. The molecule has 0 aliphatic carbocycles. The molecule has 0 aliphatic heterocycles. The summed E-state index contributed by atoms with van der Waals surface area (Å²) >= 11 is 12.4. The molecule has 0 bridgehead atoms. The number of hydrogen-bond acceptors (Lipinski definition) is 4. The standard InChI is InChI=1S/C21H15Cl2NO4/c22-16-5-3-6-17(23)20(16)24-18-7-2-1-4-14(18)12-19(25)28-15-10-8-13(9-11-15)21(26)27/h1-11,24H,12H2,(H,26,27). The lowest BCUT2D eigenvalue weighted by molar-refractivity contribution is -0.133. The van der Waals surface area contributed by atoms with Crippen LogP contribution in [0.4, 0.5) is 11.4 Å². The van der Waals surface area contributed by atoms with Gasteiger partial charge in [-0.1, -0.05) is 47.5 Å². The molecule has 0 atom stereocenters. The van der Waals surface area contributed by atoms with Gasteiger partial charge in [0.15, 0.2) is 0 Å². The Morgan fingerprint density at radius 1 is 0.893 bits per heavy atom. The predicted molar refractivity (Wildman–Crippen MR) is 109 cm³/mol. The maximum absolute atomic E-state index is 12.3. The van der Waals surface area contributed by atoms with Crippen molar-refractivity contribution >= 4 is 46.5 Å². The number of nitrogens with one attached hydrogen (secondary N) is 1. The van der Waals surface area contributed by atoms with Crippen LogP contribution in [0, 0.1) is 0 Å². The normalized spacial score (nSPS) is 10.4. The van der Waals surface area contributed by atoms with Gasteiger partial charge in [-0.05, 0) is 48.0 Å². The fraction of sp³-hybridized carbons (Fsp3) is 0.0476. The smallest absolute Gasteiger partial charge is 0.335 e. The number of hydrogen-bond donors (Lipinski definition) is 2. The molecule has 0 unspecified atom stereocenters. The molecule has 5 nitrogen and oxygen atoms in total. The molecule has 0 amide bonds. The van der Waals surface area contributed by atoms with Crippen molar-refractivity contribution < 1.29 is 19.4 Å². The van der Waals surface area contributed by atoms with E-state index in [1.165, 1.54) is 24.3 Å². The molecule has 0 radical (unpaired) electrons. The second-order valence-corrected chi connectivity index (χ2v) is 6.67. The minimum Gasteiger partial charge on any atom is -0.478 e. The van der Waals surface area contributed by atoms with Crippen LogP contribution in [0.3, 0.4) is 0 Å². The Morgan fingerprint density at radius 2 is 1.54 bits per heavy atom. The molecule has 2 N–H and O–H groups in total. The molecule has 0 aromatic heterocycles. The number of ether oxygens (including phenoxy) is 1. The molecular weight excluding hydrogens is 401 g/mol. The maximum Gasteiger partial charge on any atom is 0.335 e. The lowest BCUT2D eigenvalue weighted by Crippen LogP contribution is -2.12. The number of carbonyl (C=O) groups is 2. The quantitative estimate of drug-likeness (QED) is 0.405. The van der Waals surface area contributed by atoms with Crippen LogP contribution < -0.4 is 10.1 Å². The topological polar surface area (TPSA) is 75.6 Å². The maximum atomic E-state index is 12.3. The summed E-state index contributed by atoms with van der Waals surface area (Å²) in [6, 6.07) is 18.0. The zero-order chi connectivity index (χ0) is 20.1. The summed E-state index contributed by atoms with van der Waals surface area (Å²) in [5.41, 5.74) is 2.04. The van der Waals surface area contributed by atoms with Crippen LogP contribution in [-0.4, -0.2) is 17.0 Å². The van der Waals surface area contributed by atoms with Crippen molar-refractivity contribution in [3.8, 4) is 5.75 Å². The molecule has 0 saturated heterocycles. The second kappa shape index (κ2) is 8.78. The van der Waals surface area contributed by atoms with E-state index in [1.54, 1.807) is 24.3 Å². The number of aromatic carboxylic acids is 1. The number of esters is 1. The summed E-state index contributed by atoms with van der Waals surface area (Å²) in [6.07, 6.45) is 0.00588. The SMILES string of the molecule is O=C(Cc1ccccc1Nc1c(Cl)cccc1Cl)Oc1ccc(C(=O)O)cc1. The van der Waals surface area contributed by atoms with Gasteiger partial charge in [-0.2, -0.15) is 0 Å². The first-order valence-corrected chi connectivity index (χ1v) is 9.02. The van der Waals surface area contributed by atoms with E-state index in [0.29, 0.717) is 27.0 Å². The Balaban J connectivity index is 1.74. The largest absolute Gasteiger partial charge is 0.478 e. The molecule has 7 heteroatoms. The number of carbonyl (C=O) groups excluding carboxylic acids is 1. The molecular formula is C21H15Cl2NO4. The van der Waals surface area contributed by atoms with Gasteiger partial charge < -0.3 is 15.2 Å². The van der Waals surface area contributed by atoms with Gasteiger partial charge in [0.25, 0.3) is 0 Å². The van der Waals surface area contributed by atoms with Gasteiger partial charge >= 0.3 is 11.9 Å². The summed E-state index contributed by atoms with van der Waals surface area (Å²) in [6.45, 7) is 0. The second-order valence-electron chi connectivity index (χ2n) is 5.86. The van der Waals surface area contributed by atoms with E-state index in [-0.39, 0.29) is 17.7 Å². The third-order valence-corrected chi connectivity index (χ3v) is 4.54. The Bertz CT molecular complexity index is 999. The first-order valence-electron chi connectivity index (χ1n) is 8.27. The van der Waals surface area contributed by atoms with E-state index in [0.717, 1.165) is 0 Å². The molecule has 142 valence electrons. The summed E-state index contributed by atoms with van der Waals surface area (Å²) in [5, 5.41) is 13.0. The Morgan fingerprint density at radius 3 is 2.18 bits per heavy atom. The van der Waals surface area contributed by atoms with Crippen molar-refractivity contribution in [2.75, 3.05) is 5.32 Å². The average molecular weight is 416 g/mol. The van der Waals surface area contributed by atoms with Crippen molar-refractivity contribution in [2.45, 2.75) is 6.42 Å². The number of carboxylic acids is 1. The van der Waals surface area contributed by atoms with Gasteiger partial charge in [0.2, 0.25) is 0 Å². The van der Waals surface area contributed by atoms with Gasteiger partial charge in [0, 0.05) is 5.69 Å². The van der Waals surface area contributed by atoms with Crippen molar-refractivity contribution in [3.63, 3.8) is 0 Å². The molecule has 0 aliphatic rings. The van der Waals surface area contributed by atoms with E-state index >= 15 is 0 Å². The zero-order valence-electron chi connectivity index (χ0n) is 14.5. The molecule has 0 spiro atoms. The number of benzene rings is 3. The van der Waals surface area contributed by atoms with Gasteiger partial charge in [-0.3, -0.25) is 4.79 Å². The van der Waals surface area contributed by atoms with Crippen LogP contribution in [0.25, 0.3) is 0 Å². The van der Waals surface area contributed by atoms with Gasteiger partial charge in [0.05, 0.1) is 27.7 Å². The Kier molecular flexibility index (Phi) is 6.19. The minimum absolute atomic E-state index is 0.00588. The Labute approximate surface area is 171 Å².